The van der Waals surface area contributed by atoms with E-state index in [1.807, 2.05) is 19.2 Å². The van der Waals surface area contributed by atoms with Crippen molar-refractivity contribution in [2.45, 2.75) is 69.9 Å². The molecule has 172 valence electrons. The Kier molecular flexibility index (Phi) is 11.2. The monoisotopic (exact) mass is 425 g/mol. The van der Waals surface area contributed by atoms with Gasteiger partial charge in [0.05, 0.1) is 5.52 Å². The van der Waals surface area contributed by atoms with Crippen LogP contribution < -0.4 is 5.32 Å². The molecular formula is C26H43N5. The number of hydrogen-bond acceptors (Lipinski definition) is 3. The Bertz CT molecular complexity index is 1060. The molecule has 0 saturated heterocycles. The van der Waals surface area contributed by atoms with Crippen molar-refractivity contribution < 1.29 is 0 Å². The molecule has 4 rings (SSSR count). The molecule has 0 spiro atoms. The number of H-pyrrole nitrogens is 2. The molecule has 31 heavy (non-hydrogen) atoms. The van der Waals surface area contributed by atoms with E-state index in [2.05, 4.69) is 63.4 Å². The lowest BCUT2D eigenvalue weighted by Crippen LogP contribution is -2.21. The van der Waals surface area contributed by atoms with Crippen LogP contribution in [-0.2, 0) is 6.54 Å². The van der Waals surface area contributed by atoms with Crippen molar-refractivity contribution in [1.82, 2.24) is 25.3 Å². The average Bonchev–Trinajstić information content (AvgIpc) is 3.26. The topological polar surface area (TPSA) is 69.4 Å². The summed E-state index contributed by atoms with van der Waals surface area (Å²) in [6.45, 7) is 8.47. The molecule has 0 bridgehead atoms. The fourth-order valence-corrected chi connectivity index (χ4v) is 3.69. The van der Waals surface area contributed by atoms with Crippen LogP contribution in [0.5, 0.6) is 0 Å². The second-order valence-electron chi connectivity index (χ2n) is 7.30. The Hall–Kier alpha value is -2.66. The summed E-state index contributed by atoms with van der Waals surface area (Å²) in [5, 5.41) is 4.83. The number of nitrogens with zero attached hydrogens (tertiary/aromatic N) is 2. The molecule has 0 unspecified atom stereocenters. The van der Waals surface area contributed by atoms with Gasteiger partial charge in [-0.1, -0.05) is 62.5 Å². The molecule has 3 aromatic heterocycles. The zero-order chi connectivity index (χ0) is 18.8. The number of rotatable bonds is 7. The minimum Gasteiger partial charge on any atom is -0.354 e. The summed E-state index contributed by atoms with van der Waals surface area (Å²) < 4.78 is 0. The van der Waals surface area contributed by atoms with Crippen molar-refractivity contribution in [2.24, 2.45) is 5.92 Å². The first-order chi connectivity index (χ1) is 13.2. The van der Waals surface area contributed by atoms with E-state index in [9.17, 15) is 0 Å². The zero-order valence-corrected chi connectivity index (χ0v) is 16.3. The number of fused-ring (bicyclic) bond motifs is 2. The van der Waals surface area contributed by atoms with E-state index in [4.69, 9.17) is 0 Å². The summed E-state index contributed by atoms with van der Waals surface area (Å²) in [4.78, 5) is 15.7. The molecule has 0 aliphatic heterocycles. The van der Waals surface area contributed by atoms with Gasteiger partial charge >= 0.3 is 0 Å². The fourth-order valence-electron chi connectivity index (χ4n) is 3.69. The SMILES string of the molecule is C.C.C.C.CCC(CC)CNCc1ccc2[nH]c(-c3ccnc4nc(C)[nH]c34)cc2c1. The standard InChI is InChI=1S/C22H27N5.4CH4/c1-4-15(5-2)12-23-13-16-6-7-19-17(10-16)11-20(27-19)18-8-9-24-22-21(18)25-14(3)26-22;;;;/h6-11,15,23,27H,4-5,12-13H2,1-3H3,(H,24,25,26);4*1H4. The molecule has 5 heteroatoms. The van der Waals surface area contributed by atoms with Crippen LogP contribution >= 0.6 is 0 Å². The van der Waals surface area contributed by atoms with Crippen molar-refractivity contribution in [3.63, 3.8) is 0 Å². The molecule has 1 aromatic carbocycles. The summed E-state index contributed by atoms with van der Waals surface area (Å²) in [7, 11) is 0. The highest BCUT2D eigenvalue weighted by Gasteiger charge is 2.11. The van der Waals surface area contributed by atoms with Crippen LogP contribution in [0.4, 0.5) is 0 Å². The first-order valence-electron chi connectivity index (χ1n) is 9.82. The first-order valence-corrected chi connectivity index (χ1v) is 9.82. The van der Waals surface area contributed by atoms with Crippen molar-refractivity contribution in [3.05, 3.63) is 47.9 Å². The summed E-state index contributed by atoms with van der Waals surface area (Å²) >= 11 is 0. The highest BCUT2D eigenvalue weighted by atomic mass is 15.0. The number of imidazole rings is 1. The van der Waals surface area contributed by atoms with Crippen LogP contribution in [0.1, 0.15) is 67.8 Å². The maximum Gasteiger partial charge on any atom is 0.178 e. The molecule has 3 heterocycles. The highest BCUT2D eigenvalue weighted by Crippen LogP contribution is 2.29. The van der Waals surface area contributed by atoms with Crippen LogP contribution in [-0.4, -0.2) is 26.5 Å². The molecule has 0 aliphatic rings. The number of benzene rings is 1. The Labute approximate surface area is 189 Å². The molecular weight excluding hydrogens is 382 g/mol. The minimum atomic E-state index is 0. The lowest BCUT2D eigenvalue weighted by Gasteiger charge is -2.13. The Morgan fingerprint density at radius 1 is 0.968 bits per heavy atom. The third kappa shape index (κ3) is 5.95. The van der Waals surface area contributed by atoms with Gasteiger partial charge in [0.15, 0.2) is 5.65 Å². The molecule has 0 fully saturated rings. The molecule has 0 amide bonds. The van der Waals surface area contributed by atoms with E-state index in [0.29, 0.717) is 0 Å². The summed E-state index contributed by atoms with van der Waals surface area (Å²) in [5.41, 5.74) is 6.39. The third-order valence-corrected chi connectivity index (χ3v) is 5.40. The maximum absolute atomic E-state index is 4.44. The highest BCUT2D eigenvalue weighted by molar-refractivity contribution is 5.94. The Morgan fingerprint density at radius 3 is 2.42 bits per heavy atom. The van der Waals surface area contributed by atoms with Gasteiger partial charge < -0.3 is 15.3 Å². The Balaban J connectivity index is 0.00000225. The second kappa shape index (κ2) is 12.3. The van der Waals surface area contributed by atoms with Gasteiger partial charge in [0.2, 0.25) is 0 Å². The van der Waals surface area contributed by atoms with E-state index in [1.165, 1.54) is 23.8 Å². The van der Waals surface area contributed by atoms with Crippen LogP contribution in [0.25, 0.3) is 33.3 Å². The van der Waals surface area contributed by atoms with E-state index in [1.54, 1.807) is 0 Å². The van der Waals surface area contributed by atoms with Crippen molar-refractivity contribution in [2.75, 3.05) is 6.54 Å². The fraction of sp³-hybridized carbons (Fsp3) is 0.462. The predicted octanol–water partition coefficient (Wildman–Crippen LogP) is 7.48. The number of aromatic nitrogens is 4. The van der Waals surface area contributed by atoms with E-state index < -0.39 is 0 Å². The number of pyridine rings is 1. The van der Waals surface area contributed by atoms with Crippen LogP contribution in [0.15, 0.2) is 36.5 Å². The largest absolute Gasteiger partial charge is 0.354 e. The van der Waals surface area contributed by atoms with E-state index >= 15 is 0 Å². The van der Waals surface area contributed by atoms with Gasteiger partial charge in [0.1, 0.15) is 5.82 Å². The number of aromatic amines is 2. The van der Waals surface area contributed by atoms with Crippen molar-refractivity contribution >= 4 is 22.1 Å². The quantitative estimate of drug-likeness (QED) is 0.287. The summed E-state index contributed by atoms with van der Waals surface area (Å²) in [6, 6.07) is 10.9. The summed E-state index contributed by atoms with van der Waals surface area (Å²) in [6.07, 6.45) is 4.28. The summed E-state index contributed by atoms with van der Waals surface area (Å²) in [5.74, 6) is 1.64. The normalized spacial score (nSPS) is 10.3. The molecule has 0 radical (unpaired) electrons. The van der Waals surface area contributed by atoms with Gasteiger partial charge in [0.25, 0.3) is 0 Å². The number of hydrogen-bond donors (Lipinski definition) is 3. The molecule has 4 aromatic rings. The Morgan fingerprint density at radius 2 is 1.71 bits per heavy atom. The van der Waals surface area contributed by atoms with Gasteiger partial charge in [-0.05, 0) is 49.2 Å². The van der Waals surface area contributed by atoms with Crippen molar-refractivity contribution in [3.8, 4) is 11.3 Å². The number of nitrogens with one attached hydrogen (secondary N) is 3. The molecule has 3 N–H and O–H groups in total. The molecule has 0 saturated carbocycles. The van der Waals surface area contributed by atoms with Crippen LogP contribution in [0, 0.1) is 12.8 Å². The molecule has 5 nitrogen and oxygen atoms in total. The third-order valence-electron chi connectivity index (χ3n) is 5.40. The van der Waals surface area contributed by atoms with E-state index in [0.717, 1.165) is 52.8 Å². The number of aryl methyl sites for hydroxylation is 1. The van der Waals surface area contributed by atoms with Gasteiger partial charge in [0, 0.05) is 34.9 Å². The lowest BCUT2D eigenvalue weighted by molar-refractivity contribution is 0.449. The van der Waals surface area contributed by atoms with Crippen LogP contribution in [0.3, 0.4) is 0 Å². The second-order valence-corrected chi connectivity index (χ2v) is 7.30. The van der Waals surface area contributed by atoms with Gasteiger partial charge in [-0.3, -0.25) is 0 Å². The van der Waals surface area contributed by atoms with Gasteiger partial charge in [-0.2, -0.15) is 0 Å². The van der Waals surface area contributed by atoms with Gasteiger partial charge in [-0.25, -0.2) is 9.97 Å². The first kappa shape index (κ1) is 28.3. The maximum atomic E-state index is 4.44. The molecule has 0 atom stereocenters. The minimum absolute atomic E-state index is 0. The van der Waals surface area contributed by atoms with Crippen LogP contribution in [0.2, 0.25) is 0 Å². The molecule has 0 aliphatic carbocycles. The van der Waals surface area contributed by atoms with Gasteiger partial charge in [-0.15, -0.1) is 0 Å². The van der Waals surface area contributed by atoms with Crippen molar-refractivity contribution in [1.29, 1.82) is 0 Å². The zero-order valence-electron chi connectivity index (χ0n) is 16.3. The lowest BCUT2D eigenvalue weighted by atomic mass is 10.0. The average molecular weight is 426 g/mol. The predicted molar refractivity (Wildman–Crippen MR) is 139 cm³/mol. The van der Waals surface area contributed by atoms with E-state index in [-0.39, 0.29) is 29.7 Å². The smallest absolute Gasteiger partial charge is 0.178 e.